The number of nitrogens with one attached hydrogen (secondary N) is 2. The Balaban J connectivity index is 1.47. The Kier molecular flexibility index (Phi) is 6.91. The van der Waals surface area contributed by atoms with Crippen LogP contribution in [0.3, 0.4) is 0 Å². The Labute approximate surface area is 175 Å². The van der Waals surface area contributed by atoms with Crippen molar-refractivity contribution in [3.05, 3.63) is 78.1 Å². The van der Waals surface area contributed by atoms with E-state index in [-0.39, 0.29) is 37.1 Å². The second-order valence-corrected chi connectivity index (χ2v) is 6.60. The molecule has 2 aromatic carbocycles. The minimum absolute atomic E-state index is 0.00654. The third-order valence-electron chi connectivity index (χ3n) is 4.09. The summed E-state index contributed by atoms with van der Waals surface area (Å²) in [6.45, 7) is 0.317. The SMILES string of the molecule is O=C(Cc1ccc(OC(F)(F)F)cc1)NCc1cccc(NC(=O)Cn2cccn2)c1. The molecule has 7 nitrogen and oxygen atoms in total. The van der Waals surface area contributed by atoms with Crippen LogP contribution in [0.15, 0.2) is 67.0 Å². The molecule has 31 heavy (non-hydrogen) atoms. The number of halogens is 3. The standard InChI is InChI=1S/C21H19F3N4O3/c22-21(23,24)31-18-7-5-15(6-8-18)12-19(29)25-13-16-3-1-4-17(11-16)27-20(30)14-28-10-2-9-26-28/h1-11H,12-14H2,(H,25,29)(H,27,30). The minimum atomic E-state index is -4.76. The number of amides is 2. The van der Waals surface area contributed by atoms with Crippen LogP contribution in [0.5, 0.6) is 5.75 Å². The number of hydrogen-bond acceptors (Lipinski definition) is 4. The van der Waals surface area contributed by atoms with Gasteiger partial charge in [-0.1, -0.05) is 24.3 Å². The fourth-order valence-electron chi connectivity index (χ4n) is 2.76. The van der Waals surface area contributed by atoms with E-state index in [4.69, 9.17) is 0 Å². The number of carbonyl (C=O) groups excluding carboxylic acids is 2. The molecule has 1 heterocycles. The highest BCUT2D eigenvalue weighted by molar-refractivity contribution is 5.90. The molecule has 162 valence electrons. The molecule has 3 rings (SSSR count). The smallest absolute Gasteiger partial charge is 0.406 e. The van der Waals surface area contributed by atoms with Gasteiger partial charge in [-0.2, -0.15) is 5.10 Å². The van der Waals surface area contributed by atoms with Crippen molar-refractivity contribution in [2.24, 2.45) is 0 Å². The molecule has 0 aliphatic heterocycles. The Morgan fingerprint density at radius 2 is 1.77 bits per heavy atom. The van der Waals surface area contributed by atoms with E-state index < -0.39 is 6.36 Å². The zero-order valence-corrected chi connectivity index (χ0v) is 16.2. The van der Waals surface area contributed by atoms with Crippen LogP contribution in [0.25, 0.3) is 0 Å². The number of carbonyl (C=O) groups is 2. The van der Waals surface area contributed by atoms with Gasteiger partial charge in [-0.25, -0.2) is 0 Å². The lowest BCUT2D eigenvalue weighted by Crippen LogP contribution is -2.24. The molecular formula is C21H19F3N4O3. The van der Waals surface area contributed by atoms with E-state index in [0.717, 1.165) is 17.7 Å². The quantitative estimate of drug-likeness (QED) is 0.572. The predicted octanol–water partition coefficient (Wildman–Crippen LogP) is 3.28. The summed E-state index contributed by atoms with van der Waals surface area (Å²) in [5.41, 5.74) is 1.91. The van der Waals surface area contributed by atoms with Crippen molar-refractivity contribution in [3.63, 3.8) is 0 Å². The van der Waals surface area contributed by atoms with Gasteiger partial charge in [0, 0.05) is 24.6 Å². The first-order valence-corrected chi connectivity index (χ1v) is 9.24. The van der Waals surface area contributed by atoms with Gasteiger partial charge in [-0.15, -0.1) is 13.2 Å². The van der Waals surface area contributed by atoms with E-state index >= 15 is 0 Å². The summed E-state index contributed by atoms with van der Waals surface area (Å²) >= 11 is 0. The van der Waals surface area contributed by atoms with Gasteiger partial charge >= 0.3 is 6.36 Å². The van der Waals surface area contributed by atoms with E-state index in [0.29, 0.717) is 11.3 Å². The molecule has 1 aromatic heterocycles. The van der Waals surface area contributed by atoms with E-state index in [1.54, 1.807) is 42.7 Å². The van der Waals surface area contributed by atoms with Crippen molar-refractivity contribution in [1.29, 1.82) is 0 Å². The van der Waals surface area contributed by atoms with Gasteiger partial charge in [0.15, 0.2) is 0 Å². The number of ether oxygens (including phenoxy) is 1. The maximum Gasteiger partial charge on any atom is 0.573 e. The van der Waals surface area contributed by atoms with Crippen LogP contribution in [0.1, 0.15) is 11.1 Å². The van der Waals surface area contributed by atoms with Crippen LogP contribution in [0, 0.1) is 0 Å². The van der Waals surface area contributed by atoms with E-state index in [2.05, 4.69) is 20.5 Å². The summed E-state index contributed by atoms with van der Waals surface area (Å²) in [5, 5.41) is 9.48. The molecule has 0 spiro atoms. The van der Waals surface area contributed by atoms with Gasteiger partial charge in [-0.3, -0.25) is 14.3 Å². The molecule has 0 atom stereocenters. The molecule has 2 N–H and O–H groups in total. The first-order chi connectivity index (χ1) is 14.8. The number of hydrogen-bond donors (Lipinski definition) is 2. The van der Waals surface area contributed by atoms with Crippen molar-refractivity contribution in [2.45, 2.75) is 25.9 Å². The molecule has 10 heteroatoms. The van der Waals surface area contributed by atoms with Crippen LogP contribution < -0.4 is 15.4 Å². The predicted molar refractivity (Wildman–Crippen MR) is 106 cm³/mol. The molecule has 0 unspecified atom stereocenters. The van der Waals surface area contributed by atoms with Crippen LogP contribution in [-0.4, -0.2) is 28.0 Å². The van der Waals surface area contributed by atoms with Gasteiger partial charge in [-0.05, 0) is 41.5 Å². The third kappa shape index (κ3) is 7.50. The van der Waals surface area contributed by atoms with Gasteiger partial charge in [0.2, 0.25) is 11.8 Å². The highest BCUT2D eigenvalue weighted by atomic mass is 19.4. The number of nitrogens with zero attached hydrogens (tertiary/aromatic N) is 2. The van der Waals surface area contributed by atoms with Gasteiger partial charge in [0.25, 0.3) is 0 Å². The fraction of sp³-hybridized carbons (Fsp3) is 0.190. The van der Waals surface area contributed by atoms with Gasteiger partial charge < -0.3 is 15.4 Å². The van der Waals surface area contributed by atoms with Crippen molar-refractivity contribution < 1.29 is 27.5 Å². The number of anilines is 1. The van der Waals surface area contributed by atoms with Gasteiger partial charge in [0.05, 0.1) is 6.42 Å². The van der Waals surface area contributed by atoms with Crippen molar-refractivity contribution in [2.75, 3.05) is 5.32 Å². The van der Waals surface area contributed by atoms with E-state index in [1.165, 1.54) is 16.8 Å². The molecule has 0 radical (unpaired) electrons. The molecule has 2 amide bonds. The van der Waals surface area contributed by atoms with Crippen LogP contribution >= 0.6 is 0 Å². The van der Waals surface area contributed by atoms with Gasteiger partial charge in [0.1, 0.15) is 12.3 Å². The van der Waals surface area contributed by atoms with Crippen molar-refractivity contribution in [3.8, 4) is 5.75 Å². The average Bonchev–Trinajstić information content (AvgIpc) is 3.20. The maximum absolute atomic E-state index is 12.2. The topological polar surface area (TPSA) is 85.3 Å². The molecule has 0 bridgehead atoms. The van der Waals surface area contributed by atoms with Crippen LogP contribution in [-0.2, 0) is 29.1 Å². The number of rotatable bonds is 8. The highest BCUT2D eigenvalue weighted by Gasteiger charge is 2.30. The lowest BCUT2D eigenvalue weighted by Gasteiger charge is -2.10. The first kappa shape index (κ1) is 21.9. The summed E-state index contributed by atoms with van der Waals surface area (Å²) in [5.74, 6) is -0.872. The molecule has 3 aromatic rings. The minimum Gasteiger partial charge on any atom is -0.406 e. The lowest BCUT2D eigenvalue weighted by atomic mass is 10.1. The monoisotopic (exact) mass is 432 g/mol. The maximum atomic E-state index is 12.2. The summed E-state index contributed by atoms with van der Waals surface area (Å²) in [7, 11) is 0. The Hall–Kier alpha value is -3.82. The van der Waals surface area contributed by atoms with Crippen molar-refractivity contribution >= 4 is 17.5 Å². The summed E-state index contributed by atoms with van der Waals surface area (Å²) in [6.07, 6.45) is -1.48. The zero-order chi connectivity index (χ0) is 22.3. The molecular weight excluding hydrogens is 413 g/mol. The van der Waals surface area contributed by atoms with E-state index in [9.17, 15) is 22.8 Å². The highest BCUT2D eigenvalue weighted by Crippen LogP contribution is 2.22. The molecule has 0 saturated heterocycles. The Morgan fingerprint density at radius 1 is 1.00 bits per heavy atom. The first-order valence-electron chi connectivity index (χ1n) is 9.24. The number of benzene rings is 2. The van der Waals surface area contributed by atoms with Crippen LogP contribution in [0.2, 0.25) is 0 Å². The zero-order valence-electron chi connectivity index (χ0n) is 16.2. The number of alkyl halides is 3. The Bertz CT molecular complexity index is 1020. The second-order valence-electron chi connectivity index (χ2n) is 6.60. The van der Waals surface area contributed by atoms with E-state index in [1.807, 2.05) is 0 Å². The fourth-order valence-corrected chi connectivity index (χ4v) is 2.76. The Morgan fingerprint density at radius 3 is 2.45 bits per heavy atom. The molecule has 0 aliphatic carbocycles. The average molecular weight is 432 g/mol. The van der Waals surface area contributed by atoms with Crippen LogP contribution in [0.4, 0.5) is 18.9 Å². The summed E-state index contributed by atoms with van der Waals surface area (Å²) < 4.78 is 41.8. The lowest BCUT2D eigenvalue weighted by molar-refractivity contribution is -0.274. The second kappa shape index (κ2) is 9.79. The molecule has 0 saturated carbocycles. The molecule has 0 aliphatic rings. The summed E-state index contributed by atoms with van der Waals surface area (Å²) in [4.78, 5) is 24.2. The number of aromatic nitrogens is 2. The third-order valence-corrected chi connectivity index (χ3v) is 4.09. The summed E-state index contributed by atoms with van der Waals surface area (Å²) in [6, 6.07) is 13.9. The normalized spacial score (nSPS) is 11.1. The molecule has 0 fully saturated rings. The van der Waals surface area contributed by atoms with Crippen molar-refractivity contribution in [1.82, 2.24) is 15.1 Å². The largest absolute Gasteiger partial charge is 0.573 e.